The van der Waals surface area contributed by atoms with Crippen LogP contribution in [0.3, 0.4) is 0 Å². The van der Waals surface area contributed by atoms with Crippen molar-refractivity contribution < 1.29 is 4.79 Å². The summed E-state index contributed by atoms with van der Waals surface area (Å²) in [7, 11) is 0. The summed E-state index contributed by atoms with van der Waals surface area (Å²) in [6.07, 6.45) is 15.3. The van der Waals surface area contributed by atoms with Gasteiger partial charge in [-0.15, -0.1) is 0 Å². The van der Waals surface area contributed by atoms with Crippen LogP contribution in [0.1, 0.15) is 90.4 Å². The van der Waals surface area contributed by atoms with E-state index in [1.54, 1.807) is 0 Å². The second-order valence-electron chi connectivity index (χ2n) is 6.35. The molecule has 0 spiro atoms. The third-order valence-electron chi connectivity index (χ3n) is 4.42. The molecular weight excluding hydrogens is 248 g/mol. The molecule has 0 saturated heterocycles. The number of amides is 1. The molecule has 0 heterocycles. The molecular formula is C17H34N2O. The first-order valence-electron chi connectivity index (χ1n) is 8.79. The molecule has 118 valence electrons. The van der Waals surface area contributed by atoms with Crippen molar-refractivity contribution in [1.29, 1.82) is 0 Å². The van der Waals surface area contributed by atoms with Crippen LogP contribution in [0.5, 0.6) is 0 Å². The van der Waals surface area contributed by atoms with Crippen LogP contribution in [0.15, 0.2) is 0 Å². The van der Waals surface area contributed by atoms with E-state index >= 15 is 0 Å². The zero-order valence-corrected chi connectivity index (χ0v) is 13.3. The Hall–Kier alpha value is -0.570. The molecule has 1 rings (SSSR count). The van der Waals surface area contributed by atoms with Crippen LogP contribution in [0.2, 0.25) is 0 Å². The van der Waals surface area contributed by atoms with Crippen molar-refractivity contribution in [3.8, 4) is 0 Å². The Bertz CT molecular complexity index is 255. The minimum atomic E-state index is 0.162. The van der Waals surface area contributed by atoms with Crippen molar-refractivity contribution in [2.75, 3.05) is 0 Å². The van der Waals surface area contributed by atoms with Gasteiger partial charge < -0.3 is 11.1 Å². The van der Waals surface area contributed by atoms with Gasteiger partial charge in [0.25, 0.3) is 0 Å². The highest BCUT2D eigenvalue weighted by Gasteiger charge is 2.21. The van der Waals surface area contributed by atoms with Crippen LogP contribution in [-0.4, -0.2) is 18.0 Å². The minimum Gasteiger partial charge on any atom is -0.352 e. The monoisotopic (exact) mass is 282 g/mol. The lowest BCUT2D eigenvalue weighted by molar-refractivity contribution is -0.122. The Labute approximate surface area is 125 Å². The zero-order chi connectivity index (χ0) is 14.6. The van der Waals surface area contributed by atoms with Gasteiger partial charge in [-0.2, -0.15) is 0 Å². The maximum atomic E-state index is 11.9. The summed E-state index contributed by atoms with van der Waals surface area (Å²) in [4.78, 5) is 11.9. The molecule has 2 atom stereocenters. The molecule has 1 aliphatic carbocycles. The van der Waals surface area contributed by atoms with Crippen molar-refractivity contribution in [2.45, 2.75) is 102 Å². The number of carbonyl (C=O) groups excluding carboxylic acids is 1. The summed E-state index contributed by atoms with van der Waals surface area (Å²) in [5.41, 5.74) is 6.14. The van der Waals surface area contributed by atoms with Gasteiger partial charge in [0.2, 0.25) is 5.91 Å². The van der Waals surface area contributed by atoms with E-state index in [0.29, 0.717) is 6.42 Å². The van der Waals surface area contributed by atoms with Gasteiger partial charge in [-0.1, -0.05) is 64.7 Å². The fourth-order valence-corrected chi connectivity index (χ4v) is 3.04. The number of hydrogen-bond acceptors (Lipinski definition) is 2. The van der Waals surface area contributed by atoms with E-state index in [1.165, 1.54) is 57.8 Å². The van der Waals surface area contributed by atoms with E-state index in [0.717, 1.165) is 19.3 Å². The second-order valence-corrected chi connectivity index (χ2v) is 6.35. The number of carbonyl (C=O) groups is 1. The maximum absolute atomic E-state index is 11.9. The summed E-state index contributed by atoms with van der Waals surface area (Å²) in [5, 5.41) is 3.16. The molecule has 0 aliphatic heterocycles. The normalized spacial score (nSPS) is 23.3. The van der Waals surface area contributed by atoms with Crippen LogP contribution in [-0.2, 0) is 4.79 Å². The molecule has 1 saturated carbocycles. The average molecular weight is 282 g/mol. The van der Waals surface area contributed by atoms with Gasteiger partial charge in [-0.3, -0.25) is 4.79 Å². The number of nitrogens with two attached hydrogens (primary N) is 1. The quantitative estimate of drug-likeness (QED) is 0.498. The first-order valence-corrected chi connectivity index (χ1v) is 8.79. The van der Waals surface area contributed by atoms with Gasteiger partial charge in [0.1, 0.15) is 0 Å². The molecule has 1 amide bonds. The lowest BCUT2D eigenvalue weighted by Gasteiger charge is -2.22. The van der Waals surface area contributed by atoms with Crippen molar-refractivity contribution in [3.05, 3.63) is 0 Å². The fourth-order valence-electron chi connectivity index (χ4n) is 3.04. The van der Waals surface area contributed by atoms with Crippen molar-refractivity contribution in [2.24, 2.45) is 5.73 Å². The highest BCUT2D eigenvalue weighted by molar-refractivity contribution is 5.76. The summed E-state index contributed by atoms with van der Waals surface area (Å²) < 4.78 is 0. The van der Waals surface area contributed by atoms with Gasteiger partial charge in [-0.25, -0.2) is 0 Å². The SMILES string of the molecule is CCCCCCCCCC(=O)NC1CCCCCC1N. The van der Waals surface area contributed by atoms with E-state index in [9.17, 15) is 4.79 Å². The van der Waals surface area contributed by atoms with Crippen LogP contribution in [0.25, 0.3) is 0 Å². The molecule has 0 radical (unpaired) electrons. The second kappa shape index (κ2) is 11.1. The number of nitrogens with one attached hydrogen (secondary N) is 1. The minimum absolute atomic E-state index is 0.162. The predicted molar refractivity (Wildman–Crippen MR) is 85.6 cm³/mol. The molecule has 1 aliphatic rings. The fraction of sp³-hybridized carbons (Fsp3) is 0.941. The van der Waals surface area contributed by atoms with Crippen molar-refractivity contribution in [3.63, 3.8) is 0 Å². The molecule has 3 nitrogen and oxygen atoms in total. The largest absolute Gasteiger partial charge is 0.352 e. The first-order chi connectivity index (χ1) is 9.74. The molecule has 0 bridgehead atoms. The zero-order valence-electron chi connectivity index (χ0n) is 13.3. The standard InChI is InChI=1S/C17H34N2O/c1-2-3-4-5-6-7-11-14-17(20)19-16-13-10-8-9-12-15(16)18/h15-16H,2-14,18H2,1H3,(H,19,20). The first kappa shape index (κ1) is 17.5. The van der Waals surface area contributed by atoms with E-state index in [-0.39, 0.29) is 18.0 Å². The molecule has 0 aromatic heterocycles. The number of hydrogen-bond donors (Lipinski definition) is 2. The third kappa shape index (κ3) is 7.88. The highest BCUT2D eigenvalue weighted by atomic mass is 16.1. The highest BCUT2D eigenvalue weighted by Crippen LogP contribution is 2.17. The molecule has 1 fully saturated rings. The van der Waals surface area contributed by atoms with Crippen molar-refractivity contribution >= 4 is 5.91 Å². The average Bonchev–Trinajstić information content (AvgIpc) is 2.63. The maximum Gasteiger partial charge on any atom is 0.220 e. The Morgan fingerprint density at radius 2 is 1.65 bits per heavy atom. The molecule has 2 unspecified atom stereocenters. The van der Waals surface area contributed by atoms with Crippen LogP contribution < -0.4 is 11.1 Å². The van der Waals surface area contributed by atoms with E-state index < -0.39 is 0 Å². The topological polar surface area (TPSA) is 55.1 Å². The summed E-state index contributed by atoms with van der Waals surface area (Å²) in [6, 6.07) is 0.380. The van der Waals surface area contributed by atoms with Crippen LogP contribution in [0.4, 0.5) is 0 Å². The number of rotatable bonds is 9. The molecule has 0 aromatic rings. The summed E-state index contributed by atoms with van der Waals surface area (Å²) in [6.45, 7) is 2.24. The summed E-state index contributed by atoms with van der Waals surface area (Å²) >= 11 is 0. The molecule has 20 heavy (non-hydrogen) atoms. The van der Waals surface area contributed by atoms with Crippen LogP contribution >= 0.6 is 0 Å². The molecule has 3 N–H and O–H groups in total. The Morgan fingerprint density at radius 3 is 2.40 bits per heavy atom. The Balaban J connectivity index is 2.04. The van der Waals surface area contributed by atoms with Gasteiger partial charge in [-0.05, 0) is 19.3 Å². The molecule has 0 aromatic carbocycles. The summed E-state index contributed by atoms with van der Waals surface area (Å²) in [5.74, 6) is 0.209. The van der Waals surface area contributed by atoms with Gasteiger partial charge >= 0.3 is 0 Å². The van der Waals surface area contributed by atoms with Gasteiger partial charge in [0.05, 0.1) is 0 Å². The van der Waals surface area contributed by atoms with Crippen molar-refractivity contribution in [1.82, 2.24) is 5.32 Å². The third-order valence-corrected chi connectivity index (χ3v) is 4.42. The van der Waals surface area contributed by atoms with Gasteiger partial charge in [0, 0.05) is 18.5 Å². The lowest BCUT2D eigenvalue weighted by Crippen LogP contribution is -2.46. The van der Waals surface area contributed by atoms with E-state index in [1.807, 2.05) is 0 Å². The Kier molecular flexibility index (Phi) is 9.73. The van der Waals surface area contributed by atoms with E-state index in [2.05, 4.69) is 12.2 Å². The smallest absolute Gasteiger partial charge is 0.220 e. The van der Waals surface area contributed by atoms with Gasteiger partial charge in [0.15, 0.2) is 0 Å². The van der Waals surface area contributed by atoms with E-state index in [4.69, 9.17) is 5.73 Å². The Morgan fingerprint density at radius 1 is 1.00 bits per heavy atom. The molecule has 3 heteroatoms. The number of unbranched alkanes of at least 4 members (excludes halogenated alkanes) is 6. The lowest BCUT2D eigenvalue weighted by atomic mass is 10.0. The predicted octanol–water partition coefficient (Wildman–Crippen LogP) is 3.90. The van der Waals surface area contributed by atoms with Crippen LogP contribution in [0, 0.1) is 0 Å².